The first-order valence-corrected chi connectivity index (χ1v) is 5.19. The number of hydrogen-bond donors (Lipinski definition) is 1. The van der Waals surface area contributed by atoms with Gasteiger partial charge in [-0.2, -0.15) is 0 Å². The van der Waals surface area contributed by atoms with Crippen LogP contribution >= 0.6 is 0 Å². The largest absolute Gasteiger partial charge is 0.373 e. The molecule has 1 aliphatic rings. The second-order valence-electron chi connectivity index (χ2n) is 4.53. The lowest BCUT2D eigenvalue weighted by atomic mass is 9.97. The molecule has 1 aromatic carbocycles. The average molecular weight is 217 g/mol. The SMILES string of the molecule is CC1(C)Nc2cccc(F)c2-n2cncc21. The molecule has 2 heterocycles. The molecular weight excluding hydrogens is 205 g/mol. The van der Waals surface area contributed by atoms with E-state index < -0.39 is 0 Å². The van der Waals surface area contributed by atoms with Gasteiger partial charge in [0.2, 0.25) is 0 Å². The summed E-state index contributed by atoms with van der Waals surface area (Å²) >= 11 is 0. The van der Waals surface area contributed by atoms with E-state index in [1.165, 1.54) is 6.07 Å². The molecular formula is C12H12FN3. The Labute approximate surface area is 92.9 Å². The first-order chi connectivity index (χ1) is 7.59. The second kappa shape index (κ2) is 2.84. The highest BCUT2D eigenvalue weighted by molar-refractivity contribution is 5.66. The van der Waals surface area contributed by atoms with Crippen LogP contribution in [0.15, 0.2) is 30.7 Å². The Bertz CT molecular complexity index is 557. The van der Waals surface area contributed by atoms with Gasteiger partial charge in [-0.05, 0) is 26.0 Å². The molecule has 0 aliphatic carbocycles. The highest BCUT2D eigenvalue weighted by Crippen LogP contribution is 2.37. The Morgan fingerprint density at radius 2 is 2.19 bits per heavy atom. The Hall–Kier alpha value is -1.84. The lowest BCUT2D eigenvalue weighted by Crippen LogP contribution is -2.34. The van der Waals surface area contributed by atoms with E-state index in [0.717, 1.165) is 11.4 Å². The fraction of sp³-hybridized carbons (Fsp3) is 0.250. The van der Waals surface area contributed by atoms with Gasteiger partial charge >= 0.3 is 0 Å². The maximum atomic E-state index is 13.8. The number of para-hydroxylation sites is 1. The molecule has 1 aromatic heterocycles. The molecule has 16 heavy (non-hydrogen) atoms. The van der Waals surface area contributed by atoms with Gasteiger partial charge in [0.05, 0.1) is 29.4 Å². The van der Waals surface area contributed by atoms with Gasteiger partial charge in [-0.15, -0.1) is 0 Å². The van der Waals surface area contributed by atoms with Crippen LogP contribution in [0.25, 0.3) is 5.69 Å². The number of rotatable bonds is 0. The highest BCUT2D eigenvalue weighted by atomic mass is 19.1. The van der Waals surface area contributed by atoms with Crippen molar-refractivity contribution in [2.45, 2.75) is 19.4 Å². The quantitative estimate of drug-likeness (QED) is 0.735. The van der Waals surface area contributed by atoms with E-state index in [9.17, 15) is 4.39 Å². The maximum absolute atomic E-state index is 13.8. The zero-order valence-corrected chi connectivity index (χ0v) is 9.16. The Morgan fingerprint density at radius 3 is 3.00 bits per heavy atom. The molecule has 0 atom stereocenters. The number of nitrogens with zero attached hydrogens (tertiary/aromatic N) is 2. The van der Waals surface area contributed by atoms with Crippen LogP contribution < -0.4 is 5.32 Å². The molecule has 0 radical (unpaired) electrons. The Morgan fingerprint density at radius 1 is 1.38 bits per heavy atom. The maximum Gasteiger partial charge on any atom is 0.149 e. The summed E-state index contributed by atoms with van der Waals surface area (Å²) in [4.78, 5) is 4.10. The van der Waals surface area contributed by atoms with Crippen molar-refractivity contribution >= 4 is 5.69 Å². The monoisotopic (exact) mass is 217 g/mol. The summed E-state index contributed by atoms with van der Waals surface area (Å²) < 4.78 is 15.6. The molecule has 0 spiro atoms. The van der Waals surface area contributed by atoms with Gasteiger partial charge < -0.3 is 5.32 Å². The van der Waals surface area contributed by atoms with Gasteiger partial charge in [-0.3, -0.25) is 4.57 Å². The summed E-state index contributed by atoms with van der Waals surface area (Å²) in [5.41, 5.74) is 2.08. The lowest BCUT2D eigenvalue weighted by molar-refractivity contribution is 0.543. The standard InChI is InChI=1S/C12H12FN3/c1-12(2)10-6-14-7-16(10)11-8(13)4-3-5-9(11)15-12/h3-7,15H,1-2H3. The molecule has 0 unspecified atom stereocenters. The molecule has 3 rings (SSSR count). The fourth-order valence-corrected chi connectivity index (χ4v) is 2.20. The number of benzene rings is 1. The van der Waals surface area contributed by atoms with Crippen molar-refractivity contribution in [1.29, 1.82) is 0 Å². The van der Waals surface area contributed by atoms with Gasteiger partial charge in [0.1, 0.15) is 11.5 Å². The number of imidazole rings is 1. The van der Waals surface area contributed by atoms with E-state index in [-0.39, 0.29) is 11.4 Å². The van der Waals surface area contributed by atoms with E-state index in [0.29, 0.717) is 5.69 Å². The summed E-state index contributed by atoms with van der Waals surface area (Å²) in [6, 6.07) is 5.05. The van der Waals surface area contributed by atoms with Crippen molar-refractivity contribution < 1.29 is 4.39 Å². The van der Waals surface area contributed by atoms with Gasteiger partial charge in [0.15, 0.2) is 0 Å². The van der Waals surface area contributed by atoms with Crippen LogP contribution in [0.1, 0.15) is 19.5 Å². The van der Waals surface area contributed by atoms with Crippen LogP contribution in [-0.2, 0) is 5.54 Å². The fourth-order valence-electron chi connectivity index (χ4n) is 2.20. The van der Waals surface area contributed by atoms with Crippen molar-refractivity contribution in [3.8, 4) is 5.69 Å². The smallest absolute Gasteiger partial charge is 0.149 e. The minimum Gasteiger partial charge on any atom is -0.373 e. The molecule has 0 amide bonds. The minimum atomic E-state index is -0.239. The molecule has 0 saturated carbocycles. The lowest BCUT2D eigenvalue weighted by Gasteiger charge is -2.34. The first kappa shape index (κ1) is 9.39. The van der Waals surface area contributed by atoms with Gasteiger partial charge in [-0.25, -0.2) is 9.37 Å². The van der Waals surface area contributed by atoms with Crippen molar-refractivity contribution in [3.63, 3.8) is 0 Å². The highest BCUT2D eigenvalue weighted by Gasteiger charge is 2.31. The van der Waals surface area contributed by atoms with Crippen LogP contribution in [0.5, 0.6) is 0 Å². The second-order valence-corrected chi connectivity index (χ2v) is 4.53. The summed E-state index contributed by atoms with van der Waals surface area (Å²) in [5, 5.41) is 3.32. The minimum absolute atomic E-state index is 0.236. The van der Waals surface area contributed by atoms with Crippen molar-refractivity contribution in [1.82, 2.24) is 9.55 Å². The number of anilines is 1. The predicted molar refractivity (Wildman–Crippen MR) is 60.2 cm³/mol. The van der Waals surface area contributed by atoms with Gasteiger partial charge in [-0.1, -0.05) is 6.07 Å². The number of halogens is 1. The van der Waals surface area contributed by atoms with E-state index in [1.54, 1.807) is 23.2 Å². The van der Waals surface area contributed by atoms with E-state index >= 15 is 0 Å². The number of hydrogen-bond acceptors (Lipinski definition) is 2. The van der Waals surface area contributed by atoms with Gasteiger partial charge in [0, 0.05) is 0 Å². The molecule has 2 aromatic rings. The molecule has 1 N–H and O–H groups in total. The average Bonchev–Trinajstić information content (AvgIpc) is 2.66. The molecule has 0 fully saturated rings. The molecule has 4 heteroatoms. The van der Waals surface area contributed by atoms with Crippen molar-refractivity contribution in [2.24, 2.45) is 0 Å². The topological polar surface area (TPSA) is 29.9 Å². The number of aromatic nitrogens is 2. The normalized spacial score (nSPS) is 16.2. The van der Waals surface area contributed by atoms with Crippen LogP contribution in [0.2, 0.25) is 0 Å². The van der Waals surface area contributed by atoms with Gasteiger partial charge in [0.25, 0.3) is 0 Å². The summed E-state index contributed by atoms with van der Waals surface area (Å²) in [5.74, 6) is -0.236. The van der Waals surface area contributed by atoms with Crippen molar-refractivity contribution in [2.75, 3.05) is 5.32 Å². The zero-order chi connectivity index (χ0) is 11.3. The Kier molecular flexibility index (Phi) is 1.67. The number of nitrogens with one attached hydrogen (secondary N) is 1. The molecule has 0 bridgehead atoms. The van der Waals surface area contributed by atoms with Crippen LogP contribution in [0, 0.1) is 5.82 Å². The zero-order valence-electron chi connectivity index (χ0n) is 9.16. The third kappa shape index (κ3) is 1.10. The molecule has 1 aliphatic heterocycles. The van der Waals surface area contributed by atoms with Crippen LogP contribution in [0.4, 0.5) is 10.1 Å². The third-order valence-corrected chi connectivity index (χ3v) is 2.95. The van der Waals surface area contributed by atoms with Crippen LogP contribution in [-0.4, -0.2) is 9.55 Å². The summed E-state index contributed by atoms with van der Waals surface area (Å²) in [6.45, 7) is 4.10. The molecule has 82 valence electrons. The molecule has 3 nitrogen and oxygen atoms in total. The van der Waals surface area contributed by atoms with Crippen LogP contribution in [0.3, 0.4) is 0 Å². The Balaban J connectivity index is 2.35. The van der Waals surface area contributed by atoms with E-state index in [1.807, 2.05) is 19.9 Å². The summed E-state index contributed by atoms with van der Waals surface area (Å²) in [7, 11) is 0. The van der Waals surface area contributed by atoms with E-state index in [2.05, 4.69) is 10.3 Å². The first-order valence-electron chi connectivity index (χ1n) is 5.19. The number of fused-ring (bicyclic) bond motifs is 3. The molecule has 0 saturated heterocycles. The predicted octanol–water partition coefficient (Wildman–Crippen LogP) is 2.67. The summed E-state index contributed by atoms with van der Waals surface area (Å²) in [6.07, 6.45) is 3.42. The third-order valence-electron chi connectivity index (χ3n) is 2.95. The van der Waals surface area contributed by atoms with Crippen molar-refractivity contribution in [3.05, 3.63) is 42.2 Å². The van der Waals surface area contributed by atoms with E-state index in [4.69, 9.17) is 0 Å².